The Morgan fingerprint density at radius 2 is 1.95 bits per heavy atom. The standard InChI is InChI=1S/C14H22N2O3S/c1-10(2)12-8-6-7-11(3)14(12)15-13(17)9-16(4)20(5,18)19/h6-8,10H,9H2,1-5H3,(H,15,17). The Balaban J connectivity index is 2.92. The van der Waals surface area contributed by atoms with Crippen LogP contribution in [0.4, 0.5) is 5.69 Å². The number of amides is 1. The normalized spacial score (nSPS) is 11.9. The number of carbonyl (C=O) groups is 1. The summed E-state index contributed by atoms with van der Waals surface area (Å²) in [5, 5.41) is 2.82. The smallest absolute Gasteiger partial charge is 0.239 e. The first-order valence-corrected chi connectivity index (χ1v) is 8.28. The number of aryl methyl sites for hydroxylation is 1. The van der Waals surface area contributed by atoms with Crippen molar-refractivity contribution in [3.63, 3.8) is 0 Å². The lowest BCUT2D eigenvalue weighted by Crippen LogP contribution is -2.34. The highest BCUT2D eigenvalue weighted by atomic mass is 32.2. The second kappa shape index (κ2) is 6.37. The maximum atomic E-state index is 12.0. The van der Waals surface area contributed by atoms with Crippen LogP contribution in [0.15, 0.2) is 18.2 Å². The molecule has 1 aromatic carbocycles. The molecule has 0 atom stereocenters. The summed E-state index contributed by atoms with van der Waals surface area (Å²) in [7, 11) is -1.97. The van der Waals surface area contributed by atoms with Gasteiger partial charge in [0.1, 0.15) is 0 Å². The molecule has 0 unspecified atom stereocenters. The number of anilines is 1. The van der Waals surface area contributed by atoms with E-state index in [1.807, 2.05) is 39.0 Å². The number of benzene rings is 1. The number of para-hydroxylation sites is 1. The monoisotopic (exact) mass is 298 g/mol. The van der Waals surface area contributed by atoms with E-state index in [0.29, 0.717) is 0 Å². The number of rotatable bonds is 5. The third kappa shape index (κ3) is 4.31. The Morgan fingerprint density at radius 3 is 2.45 bits per heavy atom. The molecule has 20 heavy (non-hydrogen) atoms. The summed E-state index contributed by atoms with van der Waals surface area (Å²) in [6.45, 7) is 5.83. The summed E-state index contributed by atoms with van der Waals surface area (Å²) >= 11 is 0. The predicted octanol–water partition coefficient (Wildman–Crippen LogP) is 1.95. The van der Waals surface area contributed by atoms with Crippen molar-refractivity contribution in [1.82, 2.24) is 4.31 Å². The lowest BCUT2D eigenvalue weighted by molar-refractivity contribution is -0.116. The lowest BCUT2D eigenvalue weighted by Gasteiger charge is -2.18. The van der Waals surface area contributed by atoms with E-state index in [-0.39, 0.29) is 18.4 Å². The predicted molar refractivity (Wildman–Crippen MR) is 81.4 cm³/mol. The summed E-state index contributed by atoms with van der Waals surface area (Å²) in [6, 6.07) is 5.83. The van der Waals surface area contributed by atoms with E-state index in [0.717, 1.165) is 27.4 Å². The second-order valence-corrected chi connectivity index (χ2v) is 7.35. The van der Waals surface area contributed by atoms with Gasteiger partial charge in [-0.15, -0.1) is 0 Å². The fourth-order valence-electron chi connectivity index (χ4n) is 1.84. The molecule has 1 rings (SSSR count). The highest BCUT2D eigenvalue weighted by Gasteiger charge is 2.17. The van der Waals surface area contributed by atoms with Gasteiger partial charge < -0.3 is 5.32 Å². The summed E-state index contributed by atoms with van der Waals surface area (Å²) in [4.78, 5) is 12.0. The third-order valence-electron chi connectivity index (χ3n) is 3.12. The van der Waals surface area contributed by atoms with Gasteiger partial charge in [0, 0.05) is 12.7 Å². The van der Waals surface area contributed by atoms with Gasteiger partial charge >= 0.3 is 0 Å². The zero-order valence-corrected chi connectivity index (χ0v) is 13.4. The summed E-state index contributed by atoms with van der Waals surface area (Å²) < 4.78 is 23.6. The van der Waals surface area contributed by atoms with Crippen LogP contribution in [-0.2, 0) is 14.8 Å². The van der Waals surface area contributed by atoms with E-state index in [1.54, 1.807) is 0 Å². The Hall–Kier alpha value is -1.40. The van der Waals surface area contributed by atoms with Crippen LogP contribution in [0, 0.1) is 6.92 Å². The molecular weight excluding hydrogens is 276 g/mol. The van der Waals surface area contributed by atoms with Crippen LogP contribution < -0.4 is 5.32 Å². The van der Waals surface area contributed by atoms with E-state index in [2.05, 4.69) is 5.32 Å². The van der Waals surface area contributed by atoms with Gasteiger partial charge in [-0.25, -0.2) is 8.42 Å². The average Bonchev–Trinajstić information content (AvgIpc) is 2.30. The van der Waals surface area contributed by atoms with Crippen LogP contribution in [0.1, 0.15) is 30.9 Å². The number of nitrogens with zero attached hydrogens (tertiary/aromatic N) is 1. The molecule has 0 heterocycles. The minimum absolute atomic E-state index is 0.190. The maximum Gasteiger partial charge on any atom is 0.239 e. The summed E-state index contributed by atoms with van der Waals surface area (Å²) in [6.07, 6.45) is 1.08. The van der Waals surface area contributed by atoms with Crippen LogP contribution in [0.25, 0.3) is 0 Å². The minimum Gasteiger partial charge on any atom is -0.324 e. The molecule has 6 heteroatoms. The summed E-state index contributed by atoms with van der Waals surface area (Å²) in [5.41, 5.74) is 2.78. The molecule has 0 bridgehead atoms. The Labute approximate surface area is 121 Å². The number of sulfonamides is 1. The van der Waals surface area contributed by atoms with Crippen LogP contribution in [0.3, 0.4) is 0 Å². The molecule has 0 saturated heterocycles. The van der Waals surface area contributed by atoms with E-state index in [9.17, 15) is 13.2 Å². The molecule has 0 aromatic heterocycles. The van der Waals surface area contributed by atoms with Gasteiger partial charge in [-0.05, 0) is 24.0 Å². The molecule has 112 valence electrons. The van der Waals surface area contributed by atoms with Crippen molar-refractivity contribution in [2.24, 2.45) is 0 Å². The number of likely N-dealkylation sites (N-methyl/N-ethyl adjacent to an activating group) is 1. The van der Waals surface area contributed by atoms with Crippen LogP contribution >= 0.6 is 0 Å². The van der Waals surface area contributed by atoms with Crippen molar-refractivity contribution >= 4 is 21.6 Å². The average molecular weight is 298 g/mol. The Kier molecular flexibility index (Phi) is 5.30. The largest absolute Gasteiger partial charge is 0.324 e. The van der Waals surface area contributed by atoms with E-state index in [4.69, 9.17) is 0 Å². The SMILES string of the molecule is Cc1cccc(C(C)C)c1NC(=O)CN(C)S(C)(=O)=O. The van der Waals surface area contributed by atoms with Crippen molar-refractivity contribution in [2.45, 2.75) is 26.7 Å². The van der Waals surface area contributed by atoms with E-state index >= 15 is 0 Å². The molecule has 1 aromatic rings. The topological polar surface area (TPSA) is 66.5 Å². The first-order chi connectivity index (χ1) is 9.12. The molecule has 0 aliphatic carbocycles. The zero-order valence-electron chi connectivity index (χ0n) is 12.6. The molecule has 1 amide bonds. The molecule has 5 nitrogen and oxygen atoms in total. The molecular formula is C14H22N2O3S. The van der Waals surface area contributed by atoms with Gasteiger partial charge in [0.15, 0.2) is 0 Å². The molecule has 0 aliphatic heterocycles. The van der Waals surface area contributed by atoms with Gasteiger partial charge in [-0.1, -0.05) is 32.0 Å². The van der Waals surface area contributed by atoms with E-state index < -0.39 is 10.0 Å². The number of hydrogen-bond acceptors (Lipinski definition) is 3. The Bertz CT molecular complexity index is 594. The van der Waals surface area contributed by atoms with Crippen LogP contribution in [0.5, 0.6) is 0 Å². The molecule has 0 saturated carbocycles. The highest BCUT2D eigenvalue weighted by Crippen LogP contribution is 2.27. The molecule has 0 radical (unpaired) electrons. The molecule has 0 fully saturated rings. The van der Waals surface area contributed by atoms with E-state index in [1.165, 1.54) is 7.05 Å². The lowest BCUT2D eigenvalue weighted by atomic mass is 9.98. The first-order valence-electron chi connectivity index (χ1n) is 6.43. The van der Waals surface area contributed by atoms with Crippen LogP contribution in [0.2, 0.25) is 0 Å². The first kappa shape index (κ1) is 16.7. The second-order valence-electron chi connectivity index (χ2n) is 5.26. The summed E-state index contributed by atoms with van der Waals surface area (Å²) in [5.74, 6) is -0.0630. The van der Waals surface area contributed by atoms with Crippen molar-refractivity contribution in [3.05, 3.63) is 29.3 Å². The fourth-order valence-corrected chi connectivity index (χ4v) is 2.19. The molecule has 1 N–H and O–H groups in total. The van der Waals surface area contributed by atoms with Crippen molar-refractivity contribution in [2.75, 3.05) is 25.2 Å². The van der Waals surface area contributed by atoms with Gasteiger partial charge in [-0.2, -0.15) is 4.31 Å². The minimum atomic E-state index is -3.35. The molecule has 0 spiro atoms. The van der Waals surface area contributed by atoms with Crippen molar-refractivity contribution in [1.29, 1.82) is 0 Å². The van der Waals surface area contributed by atoms with Crippen molar-refractivity contribution < 1.29 is 13.2 Å². The zero-order chi connectivity index (χ0) is 15.5. The van der Waals surface area contributed by atoms with Gasteiger partial charge in [0.2, 0.25) is 15.9 Å². The Morgan fingerprint density at radius 1 is 1.35 bits per heavy atom. The third-order valence-corrected chi connectivity index (χ3v) is 4.39. The maximum absolute atomic E-state index is 12.0. The number of nitrogens with one attached hydrogen (secondary N) is 1. The fraction of sp³-hybridized carbons (Fsp3) is 0.500. The van der Waals surface area contributed by atoms with Gasteiger partial charge in [0.25, 0.3) is 0 Å². The van der Waals surface area contributed by atoms with Gasteiger partial charge in [-0.3, -0.25) is 4.79 Å². The quantitative estimate of drug-likeness (QED) is 0.903. The van der Waals surface area contributed by atoms with Gasteiger partial charge in [0.05, 0.1) is 12.8 Å². The number of hydrogen-bond donors (Lipinski definition) is 1. The molecule has 0 aliphatic rings. The van der Waals surface area contributed by atoms with Crippen LogP contribution in [-0.4, -0.2) is 38.5 Å². The van der Waals surface area contributed by atoms with Crippen molar-refractivity contribution in [3.8, 4) is 0 Å². The highest BCUT2D eigenvalue weighted by molar-refractivity contribution is 7.88. The number of carbonyl (C=O) groups excluding carboxylic acids is 1.